The highest BCUT2D eigenvalue weighted by molar-refractivity contribution is 6.59. The first kappa shape index (κ1) is 37.0. The van der Waals surface area contributed by atoms with Crippen LogP contribution in [0, 0.1) is 0 Å². The highest BCUT2D eigenvalue weighted by atomic mass is 16.6. The van der Waals surface area contributed by atoms with Gasteiger partial charge < -0.3 is 38.7 Å². The number of aromatic amines is 1. The number of rotatable bonds is 4. The van der Waals surface area contributed by atoms with Crippen molar-refractivity contribution < 1.29 is 43.3 Å². The molecule has 0 amide bonds. The number of methoxy groups -OCH3 is 3. The molecule has 6 aromatic rings. The average Bonchev–Trinajstić information content (AvgIpc) is 3.79. The van der Waals surface area contributed by atoms with Gasteiger partial charge in [0.25, 0.3) is 0 Å². The van der Waals surface area contributed by atoms with Gasteiger partial charge in [-0.1, -0.05) is 0 Å². The van der Waals surface area contributed by atoms with E-state index in [2.05, 4.69) is 34.9 Å². The molecule has 264 valence electrons. The molecule has 0 fully saturated rings. The Morgan fingerprint density at radius 2 is 1.24 bits per heavy atom. The van der Waals surface area contributed by atoms with Gasteiger partial charge in [-0.05, 0) is 59.7 Å². The predicted molar refractivity (Wildman–Crippen MR) is 182 cm³/mol. The van der Waals surface area contributed by atoms with Crippen molar-refractivity contribution in [2.24, 2.45) is 0 Å². The van der Waals surface area contributed by atoms with E-state index in [4.69, 9.17) is 23.7 Å². The summed E-state index contributed by atoms with van der Waals surface area (Å²) in [7, 11) is 2.56. The van der Waals surface area contributed by atoms with E-state index in [1.54, 1.807) is 52.5 Å². The molecule has 18 nitrogen and oxygen atoms in total. The Kier molecular flexibility index (Phi) is 11.2. The van der Waals surface area contributed by atoms with Crippen LogP contribution in [0.5, 0.6) is 18.0 Å². The quantitative estimate of drug-likeness (QED) is 0.226. The summed E-state index contributed by atoms with van der Waals surface area (Å²) in [5.74, 6) is 0. The maximum absolute atomic E-state index is 12.3. The fraction of sp³-hybridized carbons (Fsp3) is 0.355. The Hall–Kier alpha value is -5.82. The molecule has 19 heteroatoms. The number of nitrogens with zero attached hydrogens (tertiary/aromatic N) is 8. The van der Waals surface area contributed by atoms with Crippen LogP contribution in [0.15, 0.2) is 49.2 Å². The summed E-state index contributed by atoms with van der Waals surface area (Å²) in [6, 6.07) is 5.73. The van der Waals surface area contributed by atoms with E-state index < -0.39 is 30.5 Å². The zero-order chi connectivity index (χ0) is 36.8. The number of ether oxygens (including phenoxy) is 5. The van der Waals surface area contributed by atoms with Crippen LogP contribution in [0.2, 0.25) is 0 Å². The Morgan fingerprint density at radius 3 is 1.80 bits per heavy atom. The second-order valence-corrected chi connectivity index (χ2v) is 12.3. The van der Waals surface area contributed by atoms with Crippen molar-refractivity contribution >= 4 is 58.0 Å². The van der Waals surface area contributed by atoms with E-state index in [9.17, 15) is 19.6 Å². The second-order valence-electron chi connectivity index (χ2n) is 12.3. The molecular weight excluding hydrogens is 653 g/mol. The van der Waals surface area contributed by atoms with Crippen LogP contribution in [-0.4, -0.2) is 106 Å². The lowest BCUT2D eigenvalue weighted by atomic mass is 9.86. The van der Waals surface area contributed by atoms with Crippen LogP contribution in [0.1, 0.15) is 41.5 Å². The van der Waals surface area contributed by atoms with Crippen LogP contribution >= 0.6 is 0 Å². The molecule has 0 bridgehead atoms. The standard InChI is InChI=1S/C12H16BN3O5.C12H15N3O3.C7H7N3O/c1-12(2,3)21-11(17)16-8(13(18)19)5-7-6-14-10(20-4)15-9(7)16;1-12(2,3)18-11(16)15-6-5-8-7-13-10(17-4)14-9(8)15;1-11-7-9-4-5-2-3-8-6(5)10-7/h5-6,18-19H,1-4H3;5-7H,1-4H3;2-4H,1H3,(H,8,9,10). The molecule has 50 heavy (non-hydrogen) atoms. The second kappa shape index (κ2) is 15.2. The Bertz CT molecular complexity index is 2100. The molecule has 6 aromatic heterocycles. The zero-order valence-electron chi connectivity index (χ0n) is 29.0. The summed E-state index contributed by atoms with van der Waals surface area (Å²) < 4.78 is 27.6. The van der Waals surface area contributed by atoms with E-state index in [-0.39, 0.29) is 23.3 Å². The van der Waals surface area contributed by atoms with Gasteiger partial charge in [-0.2, -0.15) is 15.0 Å². The van der Waals surface area contributed by atoms with Crippen molar-refractivity contribution in [1.82, 2.24) is 44.0 Å². The average molecular weight is 692 g/mol. The largest absolute Gasteiger partial charge is 0.506 e. The van der Waals surface area contributed by atoms with E-state index in [1.165, 1.54) is 31.0 Å². The summed E-state index contributed by atoms with van der Waals surface area (Å²) in [6.45, 7) is 10.6. The first-order valence-corrected chi connectivity index (χ1v) is 15.0. The van der Waals surface area contributed by atoms with Crippen molar-refractivity contribution in [2.45, 2.75) is 52.7 Å². The Balaban J connectivity index is 0.000000176. The zero-order valence-corrected chi connectivity index (χ0v) is 29.0. The molecule has 3 N–H and O–H groups in total. The van der Waals surface area contributed by atoms with Crippen LogP contribution in [0.25, 0.3) is 33.1 Å². The topological polar surface area (TPSA) is 224 Å². The van der Waals surface area contributed by atoms with Gasteiger partial charge in [0.1, 0.15) is 16.8 Å². The van der Waals surface area contributed by atoms with Gasteiger partial charge in [0.15, 0.2) is 11.3 Å². The normalized spacial score (nSPS) is 11.3. The highest BCUT2D eigenvalue weighted by Gasteiger charge is 2.28. The maximum atomic E-state index is 12.3. The van der Waals surface area contributed by atoms with Crippen LogP contribution < -0.4 is 19.8 Å². The van der Waals surface area contributed by atoms with Gasteiger partial charge in [-0.15, -0.1) is 0 Å². The minimum absolute atomic E-state index is 0.0539. The van der Waals surface area contributed by atoms with E-state index in [0.29, 0.717) is 17.0 Å². The van der Waals surface area contributed by atoms with Gasteiger partial charge in [0, 0.05) is 47.1 Å². The van der Waals surface area contributed by atoms with Crippen molar-refractivity contribution in [2.75, 3.05) is 21.3 Å². The van der Waals surface area contributed by atoms with Gasteiger partial charge >= 0.3 is 37.3 Å². The molecule has 0 aromatic carbocycles. The number of hydrogen-bond donors (Lipinski definition) is 3. The number of carbonyl (C=O) groups is 2. The summed E-state index contributed by atoms with van der Waals surface area (Å²) in [5.41, 5.74) is 0.113. The van der Waals surface area contributed by atoms with Gasteiger partial charge in [0.2, 0.25) is 0 Å². The molecule has 0 atom stereocenters. The van der Waals surface area contributed by atoms with Gasteiger partial charge in [-0.3, -0.25) is 0 Å². The minimum Gasteiger partial charge on any atom is -0.467 e. The molecule has 0 aliphatic rings. The van der Waals surface area contributed by atoms with Crippen LogP contribution in [0.4, 0.5) is 9.59 Å². The van der Waals surface area contributed by atoms with Gasteiger partial charge in [0.05, 0.1) is 26.9 Å². The molecule has 0 saturated carbocycles. The number of aromatic nitrogens is 9. The van der Waals surface area contributed by atoms with Crippen molar-refractivity contribution in [3.63, 3.8) is 0 Å². The van der Waals surface area contributed by atoms with E-state index in [1.807, 2.05) is 33.0 Å². The van der Waals surface area contributed by atoms with Crippen molar-refractivity contribution in [3.8, 4) is 18.0 Å². The summed E-state index contributed by atoms with van der Waals surface area (Å²) >= 11 is 0. The van der Waals surface area contributed by atoms with Crippen LogP contribution in [0.3, 0.4) is 0 Å². The lowest BCUT2D eigenvalue weighted by Gasteiger charge is -2.20. The molecule has 0 aliphatic carbocycles. The first-order chi connectivity index (χ1) is 23.5. The number of carbonyl (C=O) groups excluding carboxylic acids is 2. The number of fused-ring (bicyclic) bond motifs is 3. The van der Waals surface area contributed by atoms with E-state index >= 15 is 0 Å². The van der Waals surface area contributed by atoms with Crippen molar-refractivity contribution in [1.29, 1.82) is 0 Å². The highest BCUT2D eigenvalue weighted by Crippen LogP contribution is 2.19. The number of H-pyrrole nitrogens is 1. The molecule has 0 spiro atoms. The SMILES string of the molecule is COc1ncc2cc(B(O)O)n(C(=O)OC(C)(C)C)c2n1.COc1ncc2cc[nH]c2n1.COc1ncc2ccn(C(=O)OC(C)(C)C)c2n1. The number of nitrogens with one attached hydrogen (secondary N) is 1. The summed E-state index contributed by atoms with van der Waals surface area (Å²) in [4.78, 5) is 51.3. The fourth-order valence-electron chi connectivity index (χ4n) is 4.16. The van der Waals surface area contributed by atoms with Crippen LogP contribution in [-0.2, 0) is 9.47 Å². The predicted octanol–water partition coefficient (Wildman–Crippen LogP) is 3.09. The smallest absolute Gasteiger partial charge is 0.467 e. The Morgan fingerprint density at radius 1 is 0.720 bits per heavy atom. The number of hydrogen-bond acceptors (Lipinski definition) is 15. The minimum atomic E-state index is -1.85. The Labute approximate surface area is 286 Å². The third-order valence-electron chi connectivity index (χ3n) is 6.21. The molecule has 6 rings (SSSR count). The summed E-state index contributed by atoms with van der Waals surface area (Å²) in [6.07, 6.45) is 6.93. The third kappa shape index (κ3) is 9.20. The monoisotopic (exact) mass is 691 g/mol. The lowest BCUT2D eigenvalue weighted by Crippen LogP contribution is -2.41. The first-order valence-electron chi connectivity index (χ1n) is 15.0. The fourth-order valence-corrected chi connectivity index (χ4v) is 4.16. The van der Waals surface area contributed by atoms with Crippen molar-refractivity contribution in [3.05, 3.63) is 49.2 Å². The maximum Gasteiger partial charge on any atom is 0.506 e. The third-order valence-corrected chi connectivity index (χ3v) is 6.21. The molecule has 0 aliphatic heterocycles. The lowest BCUT2D eigenvalue weighted by molar-refractivity contribution is 0.0533. The summed E-state index contributed by atoms with van der Waals surface area (Å²) in [5, 5.41) is 21.1. The van der Waals surface area contributed by atoms with Gasteiger partial charge in [-0.25, -0.2) is 33.7 Å². The van der Waals surface area contributed by atoms with E-state index in [0.717, 1.165) is 21.0 Å². The molecule has 0 saturated heterocycles. The molecule has 0 radical (unpaired) electrons. The molecule has 0 unspecified atom stereocenters. The molecule has 6 heterocycles. The molecular formula is C31H38BN9O9.